The Morgan fingerprint density at radius 2 is 1.79 bits per heavy atom. The van der Waals surface area contributed by atoms with Crippen molar-refractivity contribution in [2.75, 3.05) is 19.6 Å². The number of aliphatic hydroxyl groups is 1. The molecule has 4 nitrogen and oxygen atoms in total. The number of rotatable bonds is 2. The Labute approximate surface area is 116 Å². The Balaban J connectivity index is 2.11. The van der Waals surface area contributed by atoms with Gasteiger partial charge >= 0.3 is 0 Å². The van der Waals surface area contributed by atoms with Crippen molar-refractivity contribution in [1.82, 2.24) is 4.90 Å². The molecule has 2 fully saturated rings. The second-order valence-electron chi connectivity index (χ2n) is 6.73. The molecule has 0 aromatic heterocycles. The topological polar surface area (TPSA) is 66.6 Å². The van der Waals surface area contributed by atoms with Gasteiger partial charge in [-0.1, -0.05) is 25.7 Å². The Morgan fingerprint density at radius 1 is 1.16 bits per heavy atom. The van der Waals surface area contributed by atoms with Crippen LogP contribution in [-0.4, -0.2) is 41.1 Å². The molecule has 1 aliphatic heterocycles. The van der Waals surface area contributed by atoms with Crippen molar-refractivity contribution in [2.45, 2.75) is 63.9 Å². The number of amides is 1. The van der Waals surface area contributed by atoms with E-state index in [1.807, 2.05) is 11.8 Å². The minimum atomic E-state index is -0.728. The standard InChI is InChI=1S/C15H28N2O2/c1-14(19)7-6-10-17(12-14)13(18)15(11-16)8-4-2-3-5-9-15/h19H,2-12,16H2,1H3. The third-order valence-corrected chi connectivity index (χ3v) is 4.87. The highest BCUT2D eigenvalue weighted by molar-refractivity contribution is 5.83. The van der Waals surface area contributed by atoms with Crippen molar-refractivity contribution >= 4 is 5.91 Å². The minimum Gasteiger partial charge on any atom is -0.388 e. The summed E-state index contributed by atoms with van der Waals surface area (Å²) in [4.78, 5) is 14.7. The summed E-state index contributed by atoms with van der Waals surface area (Å²) >= 11 is 0. The zero-order chi connectivity index (χ0) is 13.9. The van der Waals surface area contributed by atoms with Gasteiger partial charge in [-0.3, -0.25) is 4.79 Å². The quantitative estimate of drug-likeness (QED) is 0.749. The number of piperidine rings is 1. The molecule has 2 aliphatic rings. The van der Waals surface area contributed by atoms with Gasteiger partial charge in [0.2, 0.25) is 5.91 Å². The fourth-order valence-electron chi connectivity index (χ4n) is 3.64. The molecule has 0 spiro atoms. The predicted molar refractivity (Wildman–Crippen MR) is 75.6 cm³/mol. The molecular weight excluding hydrogens is 240 g/mol. The van der Waals surface area contributed by atoms with Crippen molar-refractivity contribution in [1.29, 1.82) is 0 Å². The summed E-state index contributed by atoms with van der Waals surface area (Å²) in [5, 5.41) is 10.2. The summed E-state index contributed by atoms with van der Waals surface area (Å²) in [6.07, 6.45) is 8.15. The highest BCUT2D eigenvalue weighted by Gasteiger charge is 2.42. The van der Waals surface area contributed by atoms with E-state index in [-0.39, 0.29) is 11.3 Å². The Bertz CT molecular complexity index is 320. The van der Waals surface area contributed by atoms with Gasteiger partial charge in [0.25, 0.3) is 0 Å². The summed E-state index contributed by atoms with van der Waals surface area (Å²) in [5.74, 6) is 0.192. The molecule has 0 radical (unpaired) electrons. The second-order valence-corrected chi connectivity index (χ2v) is 6.73. The van der Waals surface area contributed by atoms with Crippen LogP contribution in [0.1, 0.15) is 58.3 Å². The van der Waals surface area contributed by atoms with Gasteiger partial charge in [0.15, 0.2) is 0 Å². The highest BCUT2D eigenvalue weighted by atomic mass is 16.3. The molecule has 1 amide bonds. The third kappa shape index (κ3) is 3.29. The zero-order valence-electron chi connectivity index (χ0n) is 12.2. The van der Waals surface area contributed by atoms with E-state index in [1.54, 1.807) is 0 Å². The van der Waals surface area contributed by atoms with Gasteiger partial charge in [0, 0.05) is 19.6 Å². The maximum absolute atomic E-state index is 12.9. The van der Waals surface area contributed by atoms with Gasteiger partial charge in [0.1, 0.15) is 0 Å². The van der Waals surface area contributed by atoms with Gasteiger partial charge in [-0.15, -0.1) is 0 Å². The van der Waals surface area contributed by atoms with Crippen LogP contribution in [0.3, 0.4) is 0 Å². The Kier molecular flexibility index (Phi) is 4.51. The van der Waals surface area contributed by atoms with Crippen LogP contribution < -0.4 is 5.73 Å². The molecule has 3 N–H and O–H groups in total. The third-order valence-electron chi connectivity index (χ3n) is 4.87. The minimum absolute atomic E-state index is 0.192. The van der Waals surface area contributed by atoms with E-state index in [0.29, 0.717) is 13.1 Å². The van der Waals surface area contributed by atoms with Crippen molar-refractivity contribution in [3.8, 4) is 0 Å². The lowest BCUT2D eigenvalue weighted by Crippen LogP contribution is -2.55. The van der Waals surface area contributed by atoms with Crippen molar-refractivity contribution < 1.29 is 9.90 Å². The monoisotopic (exact) mass is 268 g/mol. The summed E-state index contributed by atoms with van der Waals surface area (Å²) in [7, 11) is 0. The first kappa shape index (κ1) is 14.8. The fraction of sp³-hybridized carbons (Fsp3) is 0.933. The number of nitrogens with zero attached hydrogens (tertiary/aromatic N) is 1. The molecule has 1 saturated carbocycles. The van der Waals surface area contributed by atoms with E-state index in [9.17, 15) is 9.90 Å². The van der Waals surface area contributed by atoms with E-state index < -0.39 is 5.60 Å². The van der Waals surface area contributed by atoms with Crippen LogP contribution in [-0.2, 0) is 4.79 Å². The molecule has 0 aromatic rings. The van der Waals surface area contributed by atoms with Crippen molar-refractivity contribution in [3.63, 3.8) is 0 Å². The number of β-amino-alcohol motifs (C(OH)–C–C–N with tert-alkyl or cyclic N) is 1. The Morgan fingerprint density at radius 3 is 2.32 bits per heavy atom. The average Bonchev–Trinajstić information content (AvgIpc) is 2.63. The number of hydrogen-bond donors (Lipinski definition) is 2. The van der Waals surface area contributed by atoms with Crippen LogP contribution in [0.2, 0.25) is 0 Å². The van der Waals surface area contributed by atoms with E-state index in [1.165, 1.54) is 12.8 Å². The van der Waals surface area contributed by atoms with Gasteiger partial charge in [-0.05, 0) is 32.6 Å². The number of carbonyl (C=O) groups excluding carboxylic acids is 1. The summed E-state index contributed by atoms with van der Waals surface area (Å²) < 4.78 is 0. The fourth-order valence-corrected chi connectivity index (χ4v) is 3.64. The molecule has 1 atom stereocenters. The normalized spacial score (nSPS) is 31.8. The molecule has 1 aliphatic carbocycles. The van der Waals surface area contributed by atoms with Gasteiger partial charge in [-0.25, -0.2) is 0 Å². The zero-order valence-corrected chi connectivity index (χ0v) is 12.2. The molecule has 19 heavy (non-hydrogen) atoms. The van der Waals surface area contributed by atoms with E-state index in [2.05, 4.69) is 0 Å². The van der Waals surface area contributed by atoms with Crippen molar-refractivity contribution in [3.05, 3.63) is 0 Å². The van der Waals surface area contributed by atoms with Crippen LogP contribution in [0, 0.1) is 5.41 Å². The van der Waals surface area contributed by atoms with Crippen LogP contribution >= 0.6 is 0 Å². The van der Waals surface area contributed by atoms with E-state index in [4.69, 9.17) is 5.73 Å². The van der Waals surface area contributed by atoms with Crippen LogP contribution in [0.5, 0.6) is 0 Å². The SMILES string of the molecule is CC1(O)CCCN(C(=O)C2(CN)CCCCCC2)C1. The van der Waals surface area contributed by atoms with Crippen molar-refractivity contribution in [2.24, 2.45) is 11.1 Å². The first-order valence-electron chi connectivity index (χ1n) is 7.71. The predicted octanol–water partition coefficient (Wildman–Crippen LogP) is 1.66. The molecular formula is C15H28N2O2. The number of carbonyl (C=O) groups is 1. The molecule has 2 rings (SSSR count). The summed E-state index contributed by atoms with van der Waals surface area (Å²) in [5.41, 5.74) is 4.89. The molecule has 110 valence electrons. The number of hydrogen-bond acceptors (Lipinski definition) is 3. The molecule has 0 bridgehead atoms. The van der Waals surface area contributed by atoms with Crippen LogP contribution in [0.25, 0.3) is 0 Å². The van der Waals surface area contributed by atoms with Gasteiger partial charge in [0.05, 0.1) is 11.0 Å². The lowest BCUT2D eigenvalue weighted by molar-refractivity contribution is -0.148. The van der Waals surface area contributed by atoms with Crippen LogP contribution in [0.4, 0.5) is 0 Å². The van der Waals surface area contributed by atoms with Crippen LogP contribution in [0.15, 0.2) is 0 Å². The lowest BCUT2D eigenvalue weighted by Gasteiger charge is -2.42. The molecule has 4 heteroatoms. The first-order chi connectivity index (χ1) is 8.99. The Hall–Kier alpha value is -0.610. The summed E-state index contributed by atoms with van der Waals surface area (Å²) in [6, 6.07) is 0. The first-order valence-corrected chi connectivity index (χ1v) is 7.71. The maximum atomic E-state index is 12.9. The molecule has 1 saturated heterocycles. The van der Waals surface area contributed by atoms with E-state index in [0.717, 1.165) is 45.1 Å². The molecule has 0 aromatic carbocycles. The molecule has 1 heterocycles. The largest absolute Gasteiger partial charge is 0.388 e. The number of likely N-dealkylation sites (tertiary alicyclic amines) is 1. The smallest absolute Gasteiger partial charge is 0.230 e. The highest BCUT2D eigenvalue weighted by Crippen LogP contribution is 2.37. The maximum Gasteiger partial charge on any atom is 0.230 e. The summed E-state index contributed by atoms with van der Waals surface area (Å²) in [6.45, 7) is 3.52. The number of nitrogens with two attached hydrogens (primary N) is 1. The average molecular weight is 268 g/mol. The molecule has 1 unspecified atom stereocenters. The van der Waals surface area contributed by atoms with Gasteiger partial charge < -0.3 is 15.7 Å². The van der Waals surface area contributed by atoms with E-state index >= 15 is 0 Å². The second kappa shape index (κ2) is 5.80. The van der Waals surface area contributed by atoms with Gasteiger partial charge in [-0.2, -0.15) is 0 Å². The lowest BCUT2D eigenvalue weighted by atomic mass is 9.78.